The highest BCUT2D eigenvalue weighted by molar-refractivity contribution is 9.10. The first kappa shape index (κ1) is 12.8. The Kier molecular flexibility index (Phi) is 4.03. The third-order valence-corrected chi connectivity index (χ3v) is 3.27. The van der Waals surface area contributed by atoms with Crippen LogP contribution in [0.2, 0.25) is 0 Å². The van der Waals surface area contributed by atoms with Gasteiger partial charge in [0.15, 0.2) is 0 Å². The summed E-state index contributed by atoms with van der Waals surface area (Å²) in [7, 11) is 1.64. The minimum Gasteiger partial charge on any atom is -0.377 e. The lowest BCUT2D eigenvalue weighted by Crippen LogP contribution is -2.17. The zero-order chi connectivity index (χ0) is 11.6. The lowest BCUT2D eigenvalue weighted by molar-refractivity contribution is 0.177. The number of nitrogens with zero attached hydrogens (tertiary/aromatic N) is 1. The van der Waals surface area contributed by atoms with E-state index in [1.807, 2.05) is 0 Å². The van der Waals surface area contributed by atoms with Gasteiger partial charge in [-0.15, -0.1) is 0 Å². The number of hydrogen-bond acceptors (Lipinski definition) is 3. The molecule has 0 atom stereocenters. The molecule has 0 aliphatic rings. The highest BCUT2D eigenvalue weighted by Gasteiger charge is 2.19. The molecular weight excluding hydrogens is 276 g/mol. The van der Waals surface area contributed by atoms with E-state index in [9.17, 15) is 0 Å². The summed E-state index contributed by atoms with van der Waals surface area (Å²) in [6, 6.07) is 0. The van der Waals surface area contributed by atoms with Crippen LogP contribution in [-0.4, -0.2) is 17.1 Å². The van der Waals surface area contributed by atoms with Crippen molar-refractivity contribution in [2.75, 3.05) is 7.11 Å². The molecule has 0 saturated heterocycles. The van der Waals surface area contributed by atoms with Crippen LogP contribution >= 0.6 is 28.1 Å². The van der Waals surface area contributed by atoms with E-state index in [0.717, 1.165) is 16.0 Å². The SMILES string of the molecule is COCc1nc(=S)c(Br)c(C(C)(C)C)[nH]1. The number of hydrogen-bond donors (Lipinski definition) is 1. The van der Waals surface area contributed by atoms with Crippen LogP contribution in [0.5, 0.6) is 0 Å². The van der Waals surface area contributed by atoms with Gasteiger partial charge in [-0.05, 0) is 15.9 Å². The minimum atomic E-state index is -0.00216. The Morgan fingerprint density at radius 1 is 1.47 bits per heavy atom. The van der Waals surface area contributed by atoms with E-state index in [-0.39, 0.29) is 5.41 Å². The molecule has 5 heteroatoms. The molecule has 0 aliphatic carbocycles. The second-order valence-electron chi connectivity index (χ2n) is 4.36. The third kappa shape index (κ3) is 3.09. The molecule has 0 bridgehead atoms. The summed E-state index contributed by atoms with van der Waals surface area (Å²) in [5.74, 6) is 0.760. The van der Waals surface area contributed by atoms with Crippen LogP contribution in [0.4, 0.5) is 0 Å². The second kappa shape index (κ2) is 4.72. The Hall–Kier alpha value is -0.260. The number of rotatable bonds is 2. The maximum atomic E-state index is 5.18. The van der Waals surface area contributed by atoms with E-state index in [0.29, 0.717) is 11.2 Å². The van der Waals surface area contributed by atoms with Crippen molar-refractivity contribution in [3.05, 3.63) is 20.6 Å². The molecule has 1 aromatic rings. The first-order valence-corrected chi connectivity index (χ1v) is 5.84. The molecule has 0 aliphatic heterocycles. The van der Waals surface area contributed by atoms with Gasteiger partial charge in [-0.2, -0.15) is 0 Å². The second-order valence-corrected chi connectivity index (χ2v) is 5.54. The molecule has 0 radical (unpaired) electrons. The zero-order valence-corrected chi connectivity index (χ0v) is 11.8. The number of aromatic nitrogens is 2. The minimum absolute atomic E-state index is 0.00216. The molecule has 1 heterocycles. The molecule has 1 N–H and O–H groups in total. The fourth-order valence-corrected chi connectivity index (χ4v) is 2.22. The van der Waals surface area contributed by atoms with Gasteiger partial charge in [0.25, 0.3) is 0 Å². The molecule has 0 fully saturated rings. The lowest BCUT2D eigenvalue weighted by Gasteiger charge is -2.21. The number of ether oxygens (including phenoxy) is 1. The summed E-state index contributed by atoms with van der Waals surface area (Å²) < 4.78 is 6.48. The standard InChI is InChI=1S/C10H15BrN2OS/c1-10(2,3)8-7(11)9(15)13-6(12-8)5-14-4/h5H2,1-4H3,(H,12,13,15). The molecule has 1 rings (SSSR count). The maximum absolute atomic E-state index is 5.18. The summed E-state index contributed by atoms with van der Waals surface area (Å²) in [6.07, 6.45) is 0. The summed E-state index contributed by atoms with van der Waals surface area (Å²) in [4.78, 5) is 7.47. The van der Waals surface area contributed by atoms with E-state index >= 15 is 0 Å². The van der Waals surface area contributed by atoms with Gasteiger partial charge in [-0.25, -0.2) is 4.98 Å². The van der Waals surface area contributed by atoms with Crippen molar-refractivity contribution in [2.24, 2.45) is 0 Å². The van der Waals surface area contributed by atoms with E-state index < -0.39 is 0 Å². The van der Waals surface area contributed by atoms with Gasteiger partial charge < -0.3 is 9.72 Å². The lowest BCUT2D eigenvalue weighted by atomic mass is 9.92. The van der Waals surface area contributed by atoms with E-state index in [1.54, 1.807) is 7.11 Å². The van der Waals surface area contributed by atoms with Crippen molar-refractivity contribution in [2.45, 2.75) is 32.8 Å². The Morgan fingerprint density at radius 2 is 2.07 bits per heavy atom. The fourth-order valence-electron chi connectivity index (χ4n) is 1.23. The molecular formula is C10H15BrN2OS. The summed E-state index contributed by atoms with van der Waals surface area (Å²) in [5.41, 5.74) is 1.05. The van der Waals surface area contributed by atoms with Crippen molar-refractivity contribution in [1.29, 1.82) is 0 Å². The first-order valence-electron chi connectivity index (χ1n) is 4.64. The predicted octanol–water partition coefficient (Wildman–Crippen LogP) is 3.35. The van der Waals surface area contributed by atoms with Gasteiger partial charge in [0.2, 0.25) is 0 Å². The number of halogens is 1. The summed E-state index contributed by atoms with van der Waals surface area (Å²) in [5, 5.41) is 0. The van der Waals surface area contributed by atoms with Crippen LogP contribution < -0.4 is 0 Å². The number of methoxy groups -OCH3 is 1. The highest BCUT2D eigenvalue weighted by Crippen LogP contribution is 2.28. The Morgan fingerprint density at radius 3 is 2.53 bits per heavy atom. The number of aromatic amines is 1. The summed E-state index contributed by atoms with van der Waals surface area (Å²) in [6.45, 7) is 6.80. The van der Waals surface area contributed by atoms with Gasteiger partial charge >= 0.3 is 0 Å². The van der Waals surface area contributed by atoms with Crippen LogP contribution in [0.15, 0.2) is 4.47 Å². The van der Waals surface area contributed by atoms with Crippen molar-refractivity contribution in [1.82, 2.24) is 9.97 Å². The zero-order valence-electron chi connectivity index (χ0n) is 9.35. The molecule has 0 spiro atoms. The highest BCUT2D eigenvalue weighted by atomic mass is 79.9. The summed E-state index contributed by atoms with van der Waals surface area (Å²) >= 11 is 8.64. The van der Waals surface area contributed by atoms with Gasteiger partial charge in [-0.1, -0.05) is 33.0 Å². The van der Waals surface area contributed by atoms with E-state index in [4.69, 9.17) is 17.0 Å². The topological polar surface area (TPSA) is 37.9 Å². The van der Waals surface area contributed by atoms with Crippen LogP contribution in [0.3, 0.4) is 0 Å². The van der Waals surface area contributed by atoms with Crippen LogP contribution in [-0.2, 0) is 16.8 Å². The van der Waals surface area contributed by atoms with Crippen LogP contribution in [0, 0.1) is 4.64 Å². The number of nitrogens with one attached hydrogen (secondary N) is 1. The molecule has 15 heavy (non-hydrogen) atoms. The Labute approximate surface area is 103 Å². The molecule has 0 unspecified atom stereocenters. The average molecular weight is 291 g/mol. The van der Waals surface area contributed by atoms with Crippen LogP contribution in [0.1, 0.15) is 32.3 Å². The van der Waals surface area contributed by atoms with Gasteiger partial charge in [-0.3, -0.25) is 0 Å². The third-order valence-electron chi connectivity index (χ3n) is 1.94. The van der Waals surface area contributed by atoms with Gasteiger partial charge in [0.1, 0.15) is 17.1 Å². The smallest absolute Gasteiger partial charge is 0.144 e. The predicted molar refractivity (Wildman–Crippen MR) is 66.5 cm³/mol. The monoisotopic (exact) mass is 290 g/mol. The first-order chi connectivity index (χ1) is 6.86. The molecule has 84 valence electrons. The average Bonchev–Trinajstić information content (AvgIpc) is 2.09. The van der Waals surface area contributed by atoms with Crippen molar-refractivity contribution < 1.29 is 4.74 Å². The van der Waals surface area contributed by atoms with E-state index in [1.165, 1.54) is 0 Å². The van der Waals surface area contributed by atoms with Crippen LogP contribution in [0.25, 0.3) is 0 Å². The quantitative estimate of drug-likeness (QED) is 0.849. The van der Waals surface area contributed by atoms with E-state index in [2.05, 4.69) is 46.7 Å². The van der Waals surface area contributed by atoms with Crippen molar-refractivity contribution in [3.63, 3.8) is 0 Å². The fraction of sp³-hybridized carbons (Fsp3) is 0.600. The van der Waals surface area contributed by atoms with Crippen molar-refractivity contribution >= 4 is 28.1 Å². The maximum Gasteiger partial charge on any atom is 0.144 e. The molecule has 0 amide bonds. The Balaban J connectivity index is 3.32. The largest absolute Gasteiger partial charge is 0.377 e. The molecule has 0 aromatic carbocycles. The molecule has 3 nitrogen and oxygen atoms in total. The van der Waals surface area contributed by atoms with Crippen molar-refractivity contribution in [3.8, 4) is 0 Å². The molecule has 0 saturated carbocycles. The normalized spacial score (nSPS) is 11.8. The van der Waals surface area contributed by atoms with Gasteiger partial charge in [0, 0.05) is 18.2 Å². The van der Waals surface area contributed by atoms with Gasteiger partial charge in [0.05, 0.1) is 4.47 Å². The molecule has 1 aromatic heterocycles. The Bertz CT molecular complexity index is 409. The number of H-pyrrole nitrogens is 1.